The van der Waals surface area contributed by atoms with Gasteiger partial charge in [-0.15, -0.1) is 0 Å². The average molecular weight is 408 g/mol. The molecule has 2 aromatic rings. The third kappa shape index (κ3) is 3.42. The molecule has 2 aliphatic carbocycles. The van der Waals surface area contributed by atoms with Crippen molar-refractivity contribution in [1.82, 2.24) is 0 Å². The zero-order chi connectivity index (χ0) is 19.9. The lowest BCUT2D eigenvalue weighted by molar-refractivity contribution is 0.598. The Hall–Kier alpha value is -2.66. The van der Waals surface area contributed by atoms with Crippen molar-refractivity contribution in [3.05, 3.63) is 89.4 Å². The molecule has 0 radical (unpaired) electrons. The van der Waals surface area contributed by atoms with Gasteiger partial charge in [0.2, 0.25) is 10.0 Å². The van der Waals surface area contributed by atoms with Gasteiger partial charge >= 0.3 is 0 Å². The molecule has 2 N–H and O–H groups in total. The summed E-state index contributed by atoms with van der Waals surface area (Å²) < 4.78 is 23.2. The molecule has 0 fully saturated rings. The maximum atomic E-state index is 11.6. The molecule has 0 atom stereocenters. The van der Waals surface area contributed by atoms with E-state index >= 15 is 0 Å². The van der Waals surface area contributed by atoms with E-state index in [9.17, 15) is 8.42 Å². The molecule has 140 valence electrons. The van der Waals surface area contributed by atoms with Crippen LogP contribution < -0.4 is 5.14 Å². The number of sulfonamides is 1. The van der Waals surface area contributed by atoms with Crippen molar-refractivity contribution in [3.63, 3.8) is 0 Å². The average Bonchev–Trinajstić information content (AvgIpc) is 2.86. The van der Waals surface area contributed by atoms with Crippen LogP contribution in [0, 0.1) is 6.92 Å². The van der Waals surface area contributed by atoms with Crippen LogP contribution in [0.25, 0.3) is 33.4 Å². The lowest BCUT2D eigenvalue weighted by Gasteiger charge is -2.10. The van der Waals surface area contributed by atoms with Crippen molar-refractivity contribution < 1.29 is 8.42 Å². The summed E-state index contributed by atoms with van der Waals surface area (Å²) in [6, 6.07) is 25.0. The third-order valence-corrected chi connectivity index (χ3v) is 6.20. The minimum atomic E-state index is -3.73. The lowest BCUT2D eigenvalue weighted by Crippen LogP contribution is -2.11. The fourth-order valence-corrected chi connectivity index (χ4v) is 4.09. The monoisotopic (exact) mass is 407 g/mol. The van der Waals surface area contributed by atoms with Gasteiger partial charge in [0.25, 0.3) is 0 Å². The van der Waals surface area contributed by atoms with Crippen LogP contribution in [0.3, 0.4) is 0 Å². The van der Waals surface area contributed by atoms with Crippen molar-refractivity contribution in [1.29, 1.82) is 0 Å². The quantitative estimate of drug-likeness (QED) is 0.471. The van der Waals surface area contributed by atoms with Gasteiger partial charge in [0.05, 0.1) is 4.90 Å². The van der Waals surface area contributed by atoms with Crippen LogP contribution in [0.1, 0.15) is 5.56 Å². The minimum absolute atomic E-state index is 0.0960. The second kappa shape index (κ2) is 7.06. The summed E-state index contributed by atoms with van der Waals surface area (Å²) in [6.45, 7) is 1.97. The van der Waals surface area contributed by atoms with E-state index in [2.05, 4.69) is 24.3 Å². The second-order valence-electron chi connectivity index (χ2n) is 6.75. The van der Waals surface area contributed by atoms with E-state index in [4.69, 9.17) is 16.7 Å². The highest BCUT2D eigenvalue weighted by Crippen LogP contribution is 2.44. The summed E-state index contributed by atoms with van der Waals surface area (Å²) in [5, 5.41) is 5.94. The number of benzene rings is 2. The first kappa shape index (κ1) is 18.7. The van der Waals surface area contributed by atoms with Gasteiger partial charge in [-0.3, -0.25) is 0 Å². The number of primary sulfonamides is 1. The number of rotatable bonds is 3. The minimum Gasteiger partial charge on any atom is -0.225 e. The smallest absolute Gasteiger partial charge is 0.225 e. The molecule has 0 spiro atoms. The summed E-state index contributed by atoms with van der Waals surface area (Å²) in [5.74, 6) is 0. The van der Waals surface area contributed by atoms with Crippen molar-refractivity contribution in [3.8, 4) is 33.4 Å². The third-order valence-electron chi connectivity index (χ3n) is 4.86. The van der Waals surface area contributed by atoms with E-state index in [-0.39, 0.29) is 4.90 Å². The second-order valence-corrected chi connectivity index (χ2v) is 8.71. The summed E-state index contributed by atoms with van der Waals surface area (Å²) in [4.78, 5) is 0.0960. The zero-order valence-corrected chi connectivity index (χ0v) is 16.8. The van der Waals surface area contributed by atoms with E-state index in [1.54, 1.807) is 12.1 Å². The Balaban J connectivity index is 1.98. The normalized spacial score (nSPS) is 11.7. The van der Waals surface area contributed by atoms with Gasteiger partial charge in [-0.25, -0.2) is 13.6 Å². The molecule has 3 nitrogen and oxygen atoms in total. The van der Waals surface area contributed by atoms with Crippen LogP contribution in [0.5, 0.6) is 0 Å². The van der Waals surface area contributed by atoms with Crippen molar-refractivity contribution in [2.75, 3.05) is 0 Å². The van der Waals surface area contributed by atoms with Gasteiger partial charge in [0.15, 0.2) is 0 Å². The van der Waals surface area contributed by atoms with Crippen molar-refractivity contribution in [2.24, 2.45) is 5.14 Å². The number of fused-ring (bicyclic) bond motifs is 1. The number of nitrogens with two attached hydrogens (primary N) is 1. The SMILES string of the molecule is Cc1ccc(-c2c3cccccc-3cc2-c2ccc(S(N)(=O)=O)cc2)cc1Cl. The molecule has 4 rings (SSSR count). The fourth-order valence-electron chi connectivity index (χ4n) is 3.40. The van der Waals surface area contributed by atoms with Gasteiger partial charge in [0.1, 0.15) is 0 Å². The van der Waals surface area contributed by atoms with Gasteiger partial charge in [-0.05, 0) is 70.1 Å². The summed E-state index contributed by atoms with van der Waals surface area (Å²) in [7, 11) is -3.73. The highest BCUT2D eigenvalue weighted by molar-refractivity contribution is 7.89. The van der Waals surface area contributed by atoms with Crippen LogP contribution in [-0.2, 0) is 10.0 Å². The Morgan fingerprint density at radius 2 is 1.43 bits per heavy atom. The Bertz CT molecular complexity index is 1250. The van der Waals surface area contributed by atoms with E-state index in [1.807, 2.05) is 37.3 Å². The number of hydrogen-bond acceptors (Lipinski definition) is 2. The van der Waals surface area contributed by atoms with Crippen LogP contribution in [0.4, 0.5) is 0 Å². The number of halogens is 1. The first-order valence-electron chi connectivity index (χ1n) is 8.76. The highest BCUT2D eigenvalue weighted by atomic mass is 35.5. The number of hydrogen-bond donors (Lipinski definition) is 1. The van der Waals surface area contributed by atoms with E-state index in [1.165, 1.54) is 12.1 Å². The molecule has 0 aliphatic heterocycles. The zero-order valence-electron chi connectivity index (χ0n) is 15.2. The van der Waals surface area contributed by atoms with Crippen LogP contribution in [0.15, 0.2) is 83.8 Å². The van der Waals surface area contributed by atoms with Gasteiger partial charge in [0, 0.05) is 5.02 Å². The molecule has 2 aromatic carbocycles. The molecule has 5 heteroatoms. The maximum Gasteiger partial charge on any atom is 0.238 e. The first-order chi connectivity index (χ1) is 13.3. The fraction of sp³-hybridized carbons (Fsp3) is 0.0435. The maximum absolute atomic E-state index is 11.6. The molecular formula is C23H18ClNO2S. The first-order valence-corrected chi connectivity index (χ1v) is 10.7. The highest BCUT2D eigenvalue weighted by Gasteiger charge is 2.19. The number of aryl methyl sites for hydroxylation is 1. The summed E-state index contributed by atoms with van der Waals surface area (Å²) in [5.41, 5.74) is 7.24. The molecule has 0 aromatic heterocycles. The largest absolute Gasteiger partial charge is 0.238 e. The Morgan fingerprint density at radius 3 is 2.11 bits per heavy atom. The standard InChI is InChI=1S/C23H18ClNO2S/c1-15-7-8-18(14-22(15)24)23-20-6-4-2-3-5-17(20)13-21(23)16-9-11-19(12-10-16)28(25,26)27/h2-14H,1H3,(H2,25,26,27). The summed E-state index contributed by atoms with van der Waals surface area (Å²) in [6.07, 6.45) is 0. The molecule has 0 saturated heterocycles. The summed E-state index contributed by atoms with van der Waals surface area (Å²) >= 11 is 6.40. The molecule has 0 bridgehead atoms. The molecule has 0 saturated carbocycles. The van der Waals surface area contributed by atoms with Crippen LogP contribution in [0.2, 0.25) is 5.02 Å². The van der Waals surface area contributed by atoms with E-state index < -0.39 is 10.0 Å². The Labute approximate surface area is 169 Å². The van der Waals surface area contributed by atoms with Gasteiger partial charge in [-0.1, -0.05) is 66.2 Å². The molecule has 2 aliphatic rings. The Morgan fingerprint density at radius 1 is 0.750 bits per heavy atom. The predicted molar refractivity (Wildman–Crippen MR) is 115 cm³/mol. The van der Waals surface area contributed by atoms with Crippen LogP contribution >= 0.6 is 11.6 Å². The van der Waals surface area contributed by atoms with Gasteiger partial charge < -0.3 is 0 Å². The molecular weight excluding hydrogens is 390 g/mol. The molecule has 0 amide bonds. The van der Waals surface area contributed by atoms with Crippen molar-refractivity contribution in [2.45, 2.75) is 11.8 Å². The van der Waals surface area contributed by atoms with Gasteiger partial charge in [-0.2, -0.15) is 0 Å². The van der Waals surface area contributed by atoms with E-state index in [0.717, 1.165) is 38.9 Å². The molecule has 0 unspecified atom stereocenters. The van der Waals surface area contributed by atoms with Crippen molar-refractivity contribution >= 4 is 21.6 Å². The van der Waals surface area contributed by atoms with E-state index in [0.29, 0.717) is 5.02 Å². The molecule has 28 heavy (non-hydrogen) atoms. The Kier molecular flexibility index (Phi) is 4.71. The predicted octanol–water partition coefficient (Wildman–Crippen LogP) is 5.73. The lowest BCUT2D eigenvalue weighted by atomic mass is 9.96. The van der Waals surface area contributed by atoms with Crippen LogP contribution in [-0.4, -0.2) is 8.42 Å². The molecule has 0 heterocycles. The topological polar surface area (TPSA) is 60.2 Å².